The van der Waals surface area contributed by atoms with Gasteiger partial charge in [-0.1, -0.05) is 6.58 Å². The molecule has 3 aliphatic rings. The Hall–Kier alpha value is -3.71. The van der Waals surface area contributed by atoms with Crippen molar-refractivity contribution in [2.75, 3.05) is 63.4 Å². The molecule has 0 saturated carbocycles. The molecule has 1 atom stereocenters. The Bertz CT molecular complexity index is 1590. The topological polar surface area (TPSA) is 101 Å². The lowest BCUT2D eigenvalue weighted by Crippen LogP contribution is -2.73. The summed E-state index contributed by atoms with van der Waals surface area (Å²) in [5.41, 5.74) is 3.34. The number of aromatic nitrogens is 3. The van der Waals surface area contributed by atoms with Crippen LogP contribution in [0.15, 0.2) is 30.9 Å². The third kappa shape index (κ3) is 5.74. The molecule has 3 fully saturated rings. The summed E-state index contributed by atoms with van der Waals surface area (Å²) in [6.45, 7) is 8.32. The molecule has 0 radical (unpaired) electrons. The minimum absolute atomic E-state index is 0.0559. The minimum Gasteiger partial charge on any atom is -0.462 e. The van der Waals surface area contributed by atoms with Gasteiger partial charge in [-0.05, 0) is 63.2 Å². The summed E-state index contributed by atoms with van der Waals surface area (Å²) in [5.74, 6) is -0.827. The van der Waals surface area contributed by atoms with Crippen LogP contribution in [-0.2, 0) is 11.0 Å². The van der Waals surface area contributed by atoms with E-state index >= 15 is 4.39 Å². The fraction of sp³-hybridized carbons (Fsp3) is 0.467. The monoisotopic (exact) mass is 635 g/mol. The van der Waals surface area contributed by atoms with E-state index in [0.29, 0.717) is 44.0 Å². The van der Waals surface area contributed by atoms with Crippen LogP contribution in [0.4, 0.5) is 29.2 Å². The number of ether oxygens (including phenoxy) is 1. The first-order chi connectivity index (χ1) is 20.9. The summed E-state index contributed by atoms with van der Waals surface area (Å²) >= 11 is 4.64. The van der Waals surface area contributed by atoms with E-state index in [2.05, 4.69) is 38.0 Å². The third-order valence-corrected chi connectivity index (χ3v) is 8.51. The quantitative estimate of drug-likeness (QED) is 0.232. The number of amides is 1. The van der Waals surface area contributed by atoms with Crippen LogP contribution in [0.25, 0.3) is 22.2 Å². The highest BCUT2D eigenvalue weighted by atomic mass is 35.5. The van der Waals surface area contributed by atoms with Gasteiger partial charge in [-0.3, -0.25) is 4.79 Å². The number of benzene rings is 1. The molecule has 1 amide bonds. The van der Waals surface area contributed by atoms with Crippen LogP contribution in [0, 0.1) is 18.2 Å². The molecule has 6 rings (SSSR count). The van der Waals surface area contributed by atoms with Crippen molar-refractivity contribution in [3.63, 3.8) is 0 Å². The molecule has 1 aromatic carbocycles. The van der Waals surface area contributed by atoms with Crippen molar-refractivity contribution in [2.45, 2.75) is 32.0 Å². The molecule has 14 heteroatoms. The number of rotatable bonds is 6. The van der Waals surface area contributed by atoms with Crippen molar-refractivity contribution in [1.82, 2.24) is 24.8 Å². The predicted molar refractivity (Wildman–Crippen MR) is 161 cm³/mol. The zero-order valence-electron chi connectivity index (χ0n) is 24.7. The van der Waals surface area contributed by atoms with Gasteiger partial charge in [0, 0.05) is 55.0 Å². The van der Waals surface area contributed by atoms with Crippen molar-refractivity contribution in [1.29, 1.82) is 0 Å². The van der Waals surface area contributed by atoms with Crippen LogP contribution < -0.4 is 15.4 Å². The van der Waals surface area contributed by atoms with Crippen LogP contribution in [0.3, 0.4) is 0 Å². The van der Waals surface area contributed by atoms with E-state index in [0.717, 1.165) is 25.5 Å². The summed E-state index contributed by atoms with van der Waals surface area (Å²) in [4.78, 5) is 30.6. The molecular weight excluding hydrogens is 602 g/mol. The van der Waals surface area contributed by atoms with Crippen molar-refractivity contribution in [3.8, 4) is 17.3 Å². The number of carbonyl (C=O) groups is 1. The van der Waals surface area contributed by atoms with Gasteiger partial charge in [-0.25, -0.2) is 9.37 Å². The molecule has 2 aromatic heterocycles. The molecule has 5 heterocycles. The lowest BCUT2D eigenvalue weighted by molar-refractivity contribution is -0.139. The van der Waals surface area contributed by atoms with Gasteiger partial charge in [0.2, 0.25) is 5.91 Å². The van der Waals surface area contributed by atoms with Gasteiger partial charge in [-0.15, -0.1) is 11.6 Å². The van der Waals surface area contributed by atoms with Gasteiger partial charge in [0.1, 0.15) is 23.8 Å². The van der Waals surface area contributed by atoms with E-state index in [4.69, 9.17) is 10.5 Å². The van der Waals surface area contributed by atoms with Gasteiger partial charge in [0.15, 0.2) is 5.82 Å². The highest BCUT2D eigenvalue weighted by Crippen LogP contribution is 2.45. The molecule has 3 saturated heterocycles. The SMILES string of the molecule is C=CC(=O)N1CC2(C1)CN(c1nc(OCC3CCCN3C)nc3c(F)c(-c4nc(N)cc(C)c4C(F)(F)F)ccc13)C2.CCl. The van der Waals surface area contributed by atoms with E-state index in [1.165, 1.54) is 31.5 Å². The number of nitrogen functional groups attached to an aromatic ring is 1. The highest BCUT2D eigenvalue weighted by molar-refractivity contribution is 6.15. The highest BCUT2D eigenvalue weighted by Gasteiger charge is 2.53. The maximum atomic E-state index is 16.3. The van der Waals surface area contributed by atoms with Crippen LogP contribution >= 0.6 is 11.6 Å². The molecule has 2 N–H and O–H groups in total. The normalized spacial score (nSPS) is 19.3. The number of pyridine rings is 1. The maximum Gasteiger partial charge on any atom is 0.418 e. The van der Waals surface area contributed by atoms with Crippen LogP contribution in [0.2, 0.25) is 0 Å². The summed E-state index contributed by atoms with van der Waals surface area (Å²) in [6.07, 6.45) is -0.0597. The summed E-state index contributed by atoms with van der Waals surface area (Å²) in [6, 6.07) is 3.98. The first kappa shape index (κ1) is 31.7. The summed E-state index contributed by atoms with van der Waals surface area (Å²) in [7, 11) is 2.00. The van der Waals surface area contributed by atoms with E-state index in [1.807, 2.05) is 11.9 Å². The van der Waals surface area contributed by atoms with Crippen LogP contribution in [0.5, 0.6) is 6.01 Å². The van der Waals surface area contributed by atoms with Gasteiger partial charge in [0.25, 0.3) is 0 Å². The standard InChI is InChI=1S/C29H31F4N7O2.CH3Cl/c1-4-21(41)39-12-28(13-39)14-40(15-28)26-19-8-7-18(24-22(29(31,32)33)16(2)10-20(34)35-24)23(30)25(19)36-27(37-26)42-11-17-6-5-9-38(17)3;1-2/h4,7-8,10,17H,1,5-6,9,11-15H2,2-3H3,(H2,34,35);1H3. The largest absolute Gasteiger partial charge is 0.462 e. The Kier molecular flexibility index (Phi) is 8.65. The molecule has 236 valence electrons. The van der Waals surface area contributed by atoms with E-state index in [-0.39, 0.29) is 45.8 Å². The lowest BCUT2D eigenvalue weighted by Gasteiger charge is -2.60. The third-order valence-electron chi connectivity index (χ3n) is 8.51. The Morgan fingerprint density at radius 1 is 1.20 bits per heavy atom. The molecule has 9 nitrogen and oxygen atoms in total. The number of hydrogen-bond acceptors (Lipinski definition) is 8. The fourth-order valence-corrected chi connectivity index (χ4v) is 6.39. The Morgan fingerprint density at radius 3 is 2.52 bits per heavy atom. The van der Waals surface area contributed by atoms with Gasteiger partial charge < -0.3 is 25.2 Å². The zero-order valence-corrected chi connectivity index (χ0v) is 25.5. The molecule has 0 aliphatic carbocycles. The van der Waals surface area contributed by atoms with Gasteiger partial charge in [0.05, 0.1) is 11.3 Å². The molecule has 0 bridgehead atoms. The number of likely N-dealkylation sites (tertiary alicyclic amines) is 2. The number of nitrogens with two attached hydrogens (primary N) is 1. The minimum atomic E-state index is -4.78. The van der Waals surface area contributed by atoms with Crippen molar-refractivity contribution in [3.05, 3.63) is 47.8 Å². The summed E-state index contributed by atoms with van der Waals surface area (Å²) in [5, 5.41) is 0.337. The molecule has 44 heavy (non-hydrogen) atoms. The molecule has 1 spiro atoms. The van der Waals surface area contributed by atoms with Gasteiger partial charge >= 0.3 is 12.2 Å². The van der Waals surface area contributed by atoms with E-state index in [9.17, 15) is 18.0 Å². The number of likely N-dealkylation sites (N-methyl/N-ethyl adjacent to an activating group) is 1. The lowest BCUT2D eigenvalue weighted by atomic mass is 9.72. The number of fused-ring (bicyclic) bond motifs is 1. The van der Waals surface area contributed by atoms with Crippen molar-refractivity contribution in [2.24, 2.45) is 5.41 Å². The van der Waals surface area contributed by atoms with Gasteiger partial charge in [-0.2, -0.15) is 23.1 Å². The number of nitrogens with zero attached hydrogens (tertiary/aromatic N) is 6. The maximum absolute atomic E-state index is 16.3. The Balaban J connectivity index is 0.00000188. The molecule has 1 unspecified atom stereocenters. The van der Waals surface area contributed by atoms with Crippen molar-refractivity contribution >= 4 is 40.0 Å². The molecule has 3 aromatic rings. The van der Waals surface area contributed by atoms with Crippen molar-refractivity contribution < 1.29 is 27.1 Å². The fourth-order valence-electron chi connectivity index (χ4n) is 6.39. The Labute approximate surface area is 257 Å². The number of alkyl halides is 4. The second-order valence-corrected chi connectivity index (χ2v) is 11.6. The second kappa shape index (κ2) is 12.0. The van der Waals surface area contributed by atoms with Crippen LogP contribution in [-0.4, -0.2) is 89.5 Å². The number of halogens is 5. The van der Waals surface area contributed by atoms with E-state index < -0.39 is 23.3 Å². The van der Waals surface area contributed by atoms with Crippen LogP contribution in [0.1, 0.15) is 24.0 Å². The molecular formula is C30H34ClF4N7O2. The number of carbonyl (C=O) groups excluding carboxylic acids is 1. The zero-order chi connectivity index (χ0) is 32.0. The first-order valence-electron chi connectivity index (χ1n) is 14.1. The number of aryl methyl sites for hydroxylation is 1. The predicted octanol–water partition coefficient (Wildman–Crippen LogP) is 4.90. The molecule has 3 aliphatic heterocycles. The number of hydrogen-bond donors (Lipinski definition) is 1. The number of anilines is 2. The Morgan fingerprint density at radius 2 is 1.91 bits per heavy atom. The average molecular weight is 636 g/mol. The van der Waals surface area contributed by atoms with E-state index in [1.54, 1.807) is 4.90 Å². The first-order valence-corrected chi connectivity index (χ1v) is 14.9. The smallest absolute Gasteiger partial charge is 0.418 e. The second-order valence-electron chi connectivity index (χ2n) is 11.6. The average Bonchev–Trinajstić information content (AvgIpc) is 3.34. The summed E-state index contributed by atoms with van der Waals surface area (Å²) < 4.78 is 64.4.